The minimum Gasteiger partial charge on any atom is -0.507 e. The molecule has 440 valence electrons. The third-order valence-electron chi connectivity index (χ3n) is 14.2. The van der Waals surface area contributed by atoms with Crippen LogP contribution in [0.4, 0.5) is 28.4 Å². The summed E-state index contributed by atoms with van der Waals surface area (Å²) in [4.78, 5) is 4.56. The van der Waals surface area contributed by atoms with Gasteiger partial charge in [0.2, 0.25) is 0 Å². The Kier molecular flexibility index (Phi) is 27.1. The maximum atomic E-state index is 11.8. The van der Waals surface area contributed by atoms with Crippen molar-refractivity contribution >= 4 is 46.7 Å². The van der Waals surface area contributed by atoms with Gasteiger partial charge in [-0.05, 0) is 112 Å². The molecule has 0 bridgehead atoms. The van der Waals surface area contributed by atoms with Crippen LogP contribution in [0.2, 0.25) is 0 Å². The number of benzene rings is 8. The number of nitrogens with one attached hydrogen (secondary N) is 5. The molecule has 0 aliphatic carbocycles. The molecule has 8 aromatic carbocycles. The van der Waals surface area contributed by atoms with Gasteiger partial charge in [-0.15, -0.1) is 0 Å². The highest BCUT2D eigenvalue weighted by Gasteiger charge is 2.17. The van der Waals surface area contributed by atoms with Crippen molar-refractivity contribution < 1.29 is 5.11 Å². The molecule has 11 heteroatoms. The van der Waals surface area contributed by atoms with E-state index in [1.807, 2.05) is 122 Å². The summed E-state index contributed by atoms with van der Waals surface area (Å²) in [5.41, 5.74) is 42.8. The Labute approximate surface area is 506 Å². The van der Waals surface area contributed by atoms with Crippen molar-refractivity contribution in [3.05, 3.63) is 305 Å². The summed E-state index contributed by atoms with van der Waals surface area (Å²) >= 11 is 0. The molecule has 0 aliphatic heterocycles. The number of nitrogens with two attached hydrogens (primary N) is 3. The summed E-state index contributed by atoms with van der Waals surface area (Å²) in [6.45, 7) is 28.6. The van der Waals surface area contributed by atoms with Crippen LogP contribution in [-0.4, -0.2) is 34.7 Å². The van der Waals surface area contributed by atoms with E-state index in [1.54, 1.807) is 0 Å². The van der Waals surface area contributed by atoms with Gasteiger partial charge in [0.05, 0.1) is 29.4 Å². The van der Waals surface area contributed by atoms with Crippen LogP contribution >= 0.6 is 0 Å². The molecule has 85 heavy (non-hydrogen) atoms. The van der Waals surface area contributed by atoms with E-state index in [2.05, 4.69) is 187 Å². The van der Waals surface area contributed by atoms with Gasteiger partial charge in [-0.25, -0.2) is 5.43 Å². The maximum absolute atomic E-state index is 11.8. The largest absolute Gasteiger partial charge is 0.507 e. The molecule has 0 amide bonds. The third-order valence-corrected chi connectivity index (χ3v) is 14.2. The van der Waals surface area contributed by atoms with E-state index >= 15 is 0 Å². The number of hydrogen-bond acceptors (Lipinski definition) is 11. The first kappa shape index (κ1) is 64.8. The molecule has 0 radical (unpaired) electrons. The first-order chi connectivity index (χ1) is 41.4. The Morgan fingerprint density at radius 2 is 0.976 bits per heavy atom. The van der Waals surface area contributed by atoms with Crippen molar-refractivity contribution in [3.63, 3.8) is 0 Å². The highest BCUT2D eigenvalue weighted by atomic mass is 16.3. The number of aromatic hydroxyl groups is 1. The van der Waals surface area contributed by atoms with Crippen LogP contribution in [-0.2, 0) is 52.2 Å². The van der Waals surface area contributed by atoms with Crippen molar-refractivity contribution in [2.24, 2.45) is 5.73 Å². The summed E-state index contributed by atoms with van der Waals surface area (Å²) in [5, 5.41) is 22.4. The van der Waals surface area contributed by atoms with Gasteiger partial charge in [0.1, 0.15) is 5.75 Å². The van der Waals surface area contributed by atoms with E-state index in [0.717, 1.165) is 98.0 Å². The average Bonchev–Trinajstić information content (AvgIpc) is 3.62. The van der Waals surface area contributed by atoms with Gasteiger partial charge >= 0.3 is 0 Å². The monoisotopic (exact) mass is 1130 g/mol. The standard InChI is InChI=1S/C50H59N7O.C15H18N2.C9H11N/c1-6-40-20-24-42(25-21-40)31-52-48-18-11-12-19-49(48)53-37-57(33-38(4)15-13-14-28-54-55-32-43-26-22-41(7-2)23-27-43)36-46-30-39(5)29-45(50(46)58)35-56(8-3)34-44-16-9-10-17-47(44)51;1-2-12-7-9-13(10-8-12)11-17-15-6-4-3-5-14(15)16;1-2-8-3-5-9(7-10)6-4-8/h6-7,9-30,52-55,58H,1-2,4,8,31-37,51H2,3,5H3;3-10,17H,2,11,16H2,1H3;2-6H,1,7,10H2/b15-13-,28-14-;;. The number of nitrogen functional groups attached to an aromatic ring is 2. The van der Waals surface area contributed by atoms with Crippen molar-refractivity contribution in [1.82, 2.24) is 20.7 Å². The summed E-state index contributed by atoms with van der Waals surface area (Å²) in [5.74, 6) is 0.318. The zero-order chi connectivity index (χ0) is 60.6. The van der Waals surface area contributed by atoms with Crippen LogP contribution in [0.15, 0.2) is 238 Å². The summed E-state index contributed by atoms with van der Waals surface area (Å²) in [6.07, 6.45) is 14.4. The van der Waals surface area contributed by atoms with Crippen LogP contribution in [0.3, 0.4) is 0 Å². The average molecular weight is 1130 g/mol. The van der Waals surface area contributed by atoms with E-state index in [0.29, 0.717) is 58.2 Å². The fraction of sp³-hybridized carbons (Fsp3) is 0.189. The predicted molar refractivity (Wildman–Crippen MR) is 365 cm³/mol. The SMILES string of the molecule is C=Cc1ccc(CN)cc1.C=Cc1ccc(CNN/C=C\C=C/C(=C)CN(CNc2ccccc2NCc2ccc(C=C)cc2)Cc2cc(C)cc(CN(CC)Cc3ccccc3N)c2O)cc1.CCc1ccc(CNc2ccccc2N)cc1. The molecule has 11 nitrogen and oxygen atoms in total. The third kappa shape index (κ3) is 22.4. The summed E-state index contributed by atoms with van der Waals surface area (Å²) < 4.78 is 0. The van der Waals surface area contributed by atoms with Crippen molar-refractivity contribution in [2.75, 3.05) is 47.2 Å². The van der Waals surface area contributed by atoms with Crippen LogP contribution in [0, 0.1) is 6.92 Å². The fourth-order valence-corrected chi connectivity index (χ4v) is 9.14. The number of hydrazine groups is 1. The first-order valence-electron chi connectivity index (χ1n) is 29.1. The van der Waals surface area contributed by atoms with Gasteiger partial charge in [-0.2, -0.15) is 0 Å². The van der Waals surface area contributed by atoms with Crippen LogP contribution < -0.4 is 44.0 Å². The number of hydrogen-bond donors (Lipinski definition) is 9. The lowest BCUT2D eigenvalue weighted by atomic mass is 10.0. The highest BCUT2D eigenvalue weighted by Crippen LogP contribution is 2.30. The second-order valence-corrected chi connectivity index (χ2v) is 20.7. The molecule has 0 saturated carbocycles. The molecule has 0 heterocycles. The first-order valence-corrected chi connectivity index (χ1v) is 29.1. The Morgan fingerprint density at radius 1 is 0.518 bits per heavy atom. The quantitative estimate of drug-likeness (QED) is 0.00721. The van der Waals surface area contributed by atoms with Gasteiger partial charge in [0.15, 0.2) is 0 Å². The van der Waals surface area contributed by atoms with Gasteiger partial charge in [0, 0.05) is 75.4 Å². The van der Waals surface area contributed by atoms with Gasteiger partial charge in [0.25, 0.3) is 0 Å². The number of allylic oxidation sites excluding steroid dienone is 2. The fourth-order valence-electron chi connectivity index (χ4n) is 9.14. The van der Waals surface area contributed by atoms with Crippen LogP contribution in [0.5, 0.6) is 5.75 Å². The zero-order valence-electron chi connectivity index (χ0n) is 50.0. The minimum absolute atomic E-state index is 0.318. The zero-order valence-corrected chi connectivity index (χ0v) is 50.0. The van der Waals surface area contributed by atoms with E-state index in [4.69, 9.17) is 17.2 Å². The highest BCUT2D eigenvalue weighted by molar-refractivity contribution is 5.69. The smallest absolute Gasteiger partial charge is 0.124 e. The number of para-hydroxylation sites is 5. The Morgan fingerprint density at radius 3 is 1.51 bits per heavy atom. The summed E-state index contributed by atoms with van der Waals surface area (Å²) in [6, 6.07) is 61.6. The van der Waals surface area contributed by atoms with Crippen LogP contribution in [0.25, 0.3) is 18.2 Å². The lowest BCUT2D eigenvalue weighted by molar-refractivity contribution is 0.265. The van der Waals surface area contributed by atoms with Gasteiger partial charge in [-0.1, -0.05) is 228 Å². The molecule has 0 unspecified atom stereocenters. The Hall–Kier alpha value is -9.36. The number of rotatable bonds is 29. The second-order valence-electron chi connectivity index (χ2n) is 20.7. The van der Waals surface area contributed by atoms with Gasteiger partial charge in [-0.3, -0.25) is 9.80 Å². The predicted octanol–water partition coefficient (Wildman–Crippen LogP) is 15.2. The lowest BCUT2D eigenvalue weighted by Gasteiger charge is -2.27. The number of nitrogens with zero attached hydrogens (tertiary/aromatic N) is 2. The molecule has 8 rings (SSSR count). The molecule has 0 fully saturated rings. The second kappa shape index (κ2) is 35.6. The van der Waals surface area contributed by atoms with E-state index in [9.17, 15) is 5.11 Å². The Balaban J connectivity index is 0.000000346. The summed E-state index contributed by atoms with van der Waals surface area (Å²) in [7, 11) is 0. The van der Waals surface area contributed by atoms with Crippen molar-refractivity contribution in [2.45, 2.75) is 73.0 Å². The van der Waals surface area contributed by atoms with Gasteiger partial charge < -0.3 is 43.7 Å². The molecule has 8 aromatic rings. The van der Waals surface area contributed by atoms with Crippen LogP contribution in [0.1, 0.15) is 80.6 Å². The molecule has 0 atom stereocenters. The molecule has 12 N–H and O–H groups in total. The Bertz CT molecular complexity index is 3390. The van der Waals surface area contributed by atoms with E-state index in [-0.39, 0.29) is 0 Å². The molecular weight excluding hydrogens is 1040 g/mol. The van der Waals surface area contributed by atoms with Crippen molar-refractivity contribution in [3.8, 4) is 5.75 Å². The normalized spacial score (nSPS) is 10.9. The number of anilines is 5. The minimum atomic E-state index is 0.318. The lowest BCUT2D eigenvalue weighted by Crippen LogP contribution is -2.31. The number of aryl methyl sites for hydroxylation is 2. The van der Waals surface area contributed by atoms with E-state index in [1.165, 1.54) is 22.3 Å². The molecule has 0 spiro atoms. The molecular formula is C74H88N10O. The van der Waals surface area contributed by atoms with Crippen molar-refractivity contribution in [1.29, 1.82) is 0 Å². The molecule has 0 saturated heterocycles. The number of phenols is 1. The molecule has 0 aromatic heterocycles. The topological polar surface area (TPSA) is 165 Å². The van der Waals surface area contributed by atoms with E-state index < -0.39 is 0 Å². The maximum Gasteiger partial charge on any atom is 0.124 e. The molecule has 0 aliphatic rings. The number of phenolic OH excluding ortho intramolecular Hbond substituents is 1.